The third-order valence-corrected chi connectivity index (χ3v) is 2.19. The fourth-order valence-corrected chi connectivity index (χ4v) is 1.38. The summed E-state index contributed by atoms with van der Waals surface area (Å²) in [6.07, 6.45) is 1.54. The fourth-order valence-electron chi connectivity index (χ4n) is 1.38. The molecule has 0 fully saturated rings. The average molecular weight is 227 g/mol. The van der Waals surface area contributed by atoms with Crippen molar-refractivity contribution in [3.05, 3.63) is 41.3 Å². The number of hydrogen-bond acceptors (Lipinski definition) is 4. The number of carbonyl (C=O) groups is 1. The van der Waals surface area contributed by atoms with Gasteiger partial charge in [0.15, 0.2) is 5.82 Å². The van der Waals surface area contributed by atoms with Gasteiger partial charge in [0.25, 0.3) is 5.91 Å². The van der Waals surface area contributed by atoms with Gasteiger partial charge in [-0.25, -0.2) is 9.67 Å². The van der Waals surface area contributed by atoms with Crippen LogP contribution in [0.3, 0.4) is 0 Å². The molecule has 17 heavy (non-hydrogen) atoms. The Balaban J connectivity index is 2.56. The summed E-state index contributed by atoms with van der Waals surface area (Å²) < 4.78 is 1.37. The van der Waals surface area contributed by atoms with Crippen LogP contribution in [-0.4, -0.2) is 20.7 Å². The molecule has 2 N–H and O–H groups in total. The Morgan fingerprint density at radius 3 is 2.82 bits per heavy atom. The van der Waals surface area contributed by atoms with Gasteiger partial charge in [0.2, 0.25) is 0 Å². The Kier molecular flexibility index (Phi) is 2.58. The summed E-state index contributed by atoms with van der Waals surface area (Å²) in [4.78, 5) is 15.1. The zero-order valence-electron chi connectivity index (χ0n) is 9.08. The van der Waals surface area contributed by atoms with Crippen molar-refractivity contribution in [2.45, 2.75) is 6.92 Å². The Hall–Kier alpha value is -2.68. The molecule has 0 bridgehead atoms. The zero-order chi connectivity index (χ0) is 12.4. The molecule has 2 rings (SSSR count). The van der Waals surface area contributed by atoms with Gasteiger partial charge in [-0.3, -0.25) is 4.79 Å². The number of nitriles is 1. The van der Waals surface area contributed by atoms with Crippen molar-refractivity contribution in [1.82, 2.24) is 14.8 Å². The Morgan fingerprint density at radius 2 is 2.24 bits per heavy atom. The molecule has 1 amide bonds. The van der Waals surface area contributed by atoms with Gasteiger partial charge in [-0.2, -0.15) is 10.4 Å². The van der Waals surface area contributed by atoms with E-state index in [1.54, 1.807) is 18.3 Å². The number of aromatic nitrogens is 3. The van der Waals surface area contributed by atoms with Gasteiger partial charge in [0.1, 0.15) is 11.8 Å². The molecule has 0 saturated carbocycles. The molecule has 0 aliphatic rings. The maximum absolute atomic E-state index is 10.9. The van der Waals surface area contributed by atoms with E-state index in [-0.39, 0.29) is 5.69 Å². The topological polar surface area (TPSA) is 97.6 Å². The van der Waals surface area contributed by atoms with Crippen molar-refractivity contribution in [2.75, 3.05) is 0 Å². The predicted octanol–water partition coefficient (Wildman–Crippen LogP) is 0.546. The highest BCUT2D eigenvalue weighted by Gasteiger charge is 2.10. The molecule has 0 saturated heterocycles. The van der Waals surface area contributed by atoms with Crippen LogP contribution in [0, 0.1) is 18.3 Å². The molecule has 84 valence electrons. The van der Waals surface area contributed by atoms with Gasteiger partial charge in [0.05, 0.1) is 5.56 Å². The van der Waals surface area contributed by atoms with Crippen molar-refractivity contribution < 1.29 is 4.79 Å². The van der Waals surface area contributed by atoms with E-state index in [4.69, 9.17) is 11.0 Å². The van der Waals surface area contributed by atoms with Crippen molar-refractivity contribution >= 4 is 5.91 Å². The number of pyridine rings is 1. The summed E-state index contributed by atoms with van der Waals surface area (Å²) in [5, 5.41) is 12.9. The third-order valence-electron chi connectivity index (χ3n) is 2.19. The van der Waals surface area contributed by atoms with Crippen LogP contribution in [0.2, 0.25) is 0 Å². The molecule has 0 radical (unpaired) electrons. The van der Waals surface area contributed by atoms with Crippen LogP contribution in [0.15, 0.2) is 24.4 Å². The van der Waals surface area contributed by atoms with Crippen LogP contribution in [0.4, 0.5) is 0 Å². The zero-order valence-corrected chi connectivity index (χ0v) is 9.08. The summed E-state index contributed by atoms with van der Waals surface area (Å²) >= 11 is 0. The molecule has 0 aliphatic heterocycles. The quantitative estimate of drug-likeness (QED) is 0.809. The SMILES string of the molecule is Cc1ccc(C#N)c(-n2ccc(C(N)=O)n2)n1. The van der Waals surface area contributed by atoms with E-state index in [1.165, 1.54) is 10.7 Å². The molecule has 0 atom stereocenters. The van der Waals surface area contributed by atoms with Crippen LogP contribution < -0.4 is 5.73 Å². The highest BCUT2D eigenvalue weighted by molar-refractivity contribution is 5.90. The second-order valence-electron chi connectivity index (χ2n) is 3.45. The maximum Gasteiger partial charge on any atom is 0.269 e. The molecule has 0 aromatic carbocycles. The number of hydrogen-bond donors (Lipinski definition) is 1. The lowest BCUT2D eigenvalue weighted by molar-refractivity contribution is 0.0995. The van der Waals surface area contributed by atoms with Crippen LogP contribution in [-0.2, 0) is 0 Å². The second kappa shape index (κ2) is 4.06. The minimum absolute atomic E-state index is 0.136. The molecule has 6 heteroatoms. The summed E-state index contributed by atoms with van der Waals surface area (Å²) in [7, 11) is 0. The lowest BCUT2D eigenvalue weighted by Gasteiger charge is -2.03. The molecular weight excluding hydrogens is 218 g/mol. The van der Waals surface area contributed by atoms with Gasteiger partial charge >= 0.3 is 0 Å². The number of nitrogens with zero attached hydrogens (tertiary/aromatic N) is 4. The maximum atomic E-state index is 10.9. The van der Waals surface area contributed by atoms with E-state index < -0.39 is 5.91 Å². The first kappa shape index (κ1) is 10.8. The lowest BCUT2D eigenvalue weighted by atomic mass is 10.2. The van der Waals surface area contributed by atoms with Gasteiger partial charge in [-0.1, -0.05) is 0 Å². The predicted molar refractivity (Wildman–Crippen MR) is 59.3 cm³/mol. The number of carbonyl (C=O) groups excluding carboxylic acids is 1. The smallest absolute Gasteiger partial charge is 0.269 e. The summed E-state index contributed by atoms with van der Waals surface area (Å²) in [5.74, 6) is -0.227. The Labute approximate surface area is 97.3 Å². The first-order chi connectivity index (χ1) is 8.11. The van der Waals surface area contributed by atoms with E-state index in [0.29, 0.717) is 11.4 Å². The minimum atomic E-state index is -0.616. The lowest BCUT2D eigenvalue weighted by Crippen LogP contribution is -2.12. The molecule has 2 aromatic heterocycles. The molecule has 0 spiro atoms. The van der Waals surface area contributed by atoms with Crippen LogP contribution >= 0.6 is 0 Å². The molecule has 6 nitrogen and oxygen atoms in total. The van der Waals surface area contributed by atoms with Crippen LogP contribution in [0.1, 0.15) is 21.7 Å². The second-order valence-corrected chi connectivity index (χ2v) is 3.45. The number of amides is 1. The summed E-state index contributed by atoms with van der Waals surface area (Å²) in [6, 6.07) is 6.89. The largest absolute Gasteiger partial charge is 0.364 e. The van der Waals surface area contributed by atoms with Crippen molar-refractivity contribution in [3.63, 3.8) is 0 Å². The monoisotopic (exact) mass is 227 g/mol. The van der Waals surface area contributed by atoms with Crippen molar-refractivity contribution in [1.29, 1.82) is 5.26 Å². The van der Waals surface area contributed by atoms with E-state index >= 15 is 0 Å². The number of primary amides is 1. The fraction of sp³-hybridized carbons (Fsp3) is 0.0909. The summed E-state index contributed by atoms with van der Waals surface area (Å²) in [6.45, 7) is 1.81. The van der Waals surface area contributed by atoms with Gasteiger partial charge in [-0.05, 0) is 25.1 Å². The van der Waals surface area contributed by atoms with Gasteiger partial charge < -0.3 is 5.73 Å². The minimum Gasteiger partial charge on any atom is -0.364 e. The standard InChI is InChI=1S/C11H9N5O/c1-7-2-3-8(6-12)11(14-7)16-5-4-9(15-16)10(13)17/h2-5H,1H3,(H2,13,17). The van der Waals surface area contributed by atoms with E-state index in [2.05, 4.69) is 10.1 Å². The number of nitrogens with two attached hydrogens (primary N) is 1. The first-order valence-corrected chi connectivity index (χ1v) is 4.85. The van der Waals surface area contributed by atoms with Crippen LogP contribution in [0.5, 0.6) is 0 Å². The highest BCUT2D eigenvalue weighted by Crippen LogP contribution is 2.11. The first-order valence-electron chi connectivity index (χ1n) is 4.85. The highest BCUT2D eigenvalue weighted by atomic mass is 16.1. The average Bonchev–Trinajstić information content (AvgIpc) is 2.78. The van der Waals surface area contributed by atoms with Gasteiger partial charge in [0, 0.05) is 11.9 Å². The summed E-state index contributed by atoms with van der Waals surface area (Å²) in [5.41, 5.74) is 6.39. The Bertz CT molecular complexity index is 623. The van der Waals surface area contributed by atoms with Gasteiger partial charge in [-0.15, -0.1) is 0 Å². The number of aryl methyl sites for hydroxylation is 1. The van der Waals surface area contributed by atoms with Crippen molar-refractivity contribution in [2.24, 2.45) is 5.73 Å². The van der Waals surface area contributed by atoms with Crippen LogP contribution in [0.25, 0.3) is 5.82 Å². The normalized spacial score (nSPS) is 9.88. The molecule has 2 aromatic rings. The van der Waals surface area contributed by atoms with E-state index in [9.17, 15) is 4.79 Å². The van der Waals surface area contributed by atoms with E-state index in [1.807, 2.05) is 13.0 Å². The molecule has 2 heterocycles. The third kappa shape index (κ3) is 1.99. The molecular formula is C11H9N5O. The number of rotatable bonds is 2. The molecule has 0 unspecified atom stereocenters. The van der Waals surface area contributed by atoms with Crippen molar-refractivity contribution in [3.8, 4) is 11.9 Å². The Morgan fingerprint density at radius 1 is 1.47 bits per heavy atom. The van der Waals surface area contributed by atoms with E-state index in [0.717, 1.165) is 5.69 Å². The molecule has 0 aliphatic carbocycles.